The predicted octanol–water partition coefficient (Wildman–Crippen LogP) is 0.765. The SMILES string of the molecule is C[NH+]1CCN(c2cc(C(C)(C)C)nc(SCc3cccc(C(=O)[O-])c3)n2)CC1. The first-order valence-corrected chi connectivity index (χ1v) is 10.6. The molecule has 1 N–H and O–H groups in total. The summed E-state index contributed by atoms with van der Waals surface area (Å²) in [5, 5.41) is 11.8. The minimum absolute atomic E-state index is 0.0697. The van der Waals surface area contributed by atoms with Gasteiger partial charge in [-0.2, -0.15) is 0 Å². The lowest BCUT2D eigenvalue weighted by atomic mass is 9.92. The van der Waals surface area contributed by atoms with E-state index in [9.17, 15) is 9.90 Å². The van der Waals surface area contributed by atoms with Crippen molar-refractivity contribution in [1.82, 2.24) is 9.97 Å². The number of hydrogen-bond donors (Lipinski definition) is 1. The van der Waals surface area contributed by atoms with Crippen molar-refractivity contribution in [2.24, 2.45) is 0 Å². The highest BCUT2D eigenvalue weighted by Gasteiger charge is 2.23. The second-order valence-corrected chi connectivity index (χ2v) is 9.31. The van der Waals surface area contributed by atoms with Crippen LogP contribution in [0.15, 0.2) is 35.5 Å². The number of aromatic carboxylic acids is 1. The van der Waals surface area contributed by atoms with Crippen LogP contribution in [0.1, 0.15) is 42.4 Å². The topological polar surface area (TPSA) is 73.6 Å². The number of carboxylic acid groups (broad SMARTS) is 1. The minimum Gasteiger partial charge on any atom is -0.545 e. The Morgan fingerprint density at radius 2 is 1.93 bits per heavy atom. The zero-order valence-corrected chi connectivity index (χ0v) is 17.8. The number of piperazine rings is 1. The quantitative estimate of drug-likeness (QED) is 0.590. The maximum atomic E-state index is 11.1. The van der Waals surface area contributed by atoms with E-state index in [1.807, 2.05) is 6.07 Å². The molecule has 1 aromatic carbocycles. The maximum Gasteiger partial charge on any atom is 0.190 e. The molecular weight excluding hydrogens is 372 g/mol. The Labute approximate surface area is 171 Å². The predicted molar refractivity (Wildman–Crippen MR) is 110 cm³/mol. The first-order valence-electron chi connectivity index (χ1n) is 9.61. The Bertz CT molecular complexity index is 843. The van der Waals surface area contributed by atoms with Crippen LogP contribution in [0.5, 0.6) is 0 Å². The fourth-order valence-corrected chi connectivity index (χ4v) is 3.87. The summed E-state index contributed by atoms with van der Waals surface area (Å²) in [6.45, 7) is 10.7. The number of rotatable bonds is 5. The molecule has 0 bridgehead atoms. The van der Waals surface area contributed by atoms with E-state index < -0.39 is 5.97 Å². The number of thioether (sulfide) groups is 1. The molecular formula is C21H28N4O2S. The number of carbonyl (C=O) groups is 1. The number of nitrogens with zero attached hydrogens (tertiary/aromatic N) is 3. The number of carbonyl (C=O) groups excluding carboxylic acids is 1. The second-order valence-electron chi connectivity index (χ2n) is 8.36. The molecule has 1 fully saturated rings. The molecule has 0 aliphatic carbocycles. The molecule has 0 saturated carbocycles. The Hall–Kier alpha value is -2.12. The summed E-state index contributed by atoms with van der Waals surface area (Å²) in [6, 6.07) is 8.97. The van der Waals surface area contributed by atoms with E-state index >= 15 is 0 Å². The molecule has 0 amide bonds. The van der Waals surface area contributed by atoms with Crippen LogP contribution in [0.25, 0.3) is 0 Å². The van der Waals surface area contributed by atoms with E-state index in [2.05, 4.69) is 38.8 Å². The summed E-state index contributed by atoms with van der Waals surface area (Å²) < 4.78 is 0. The van der Waals surface area contributed by atoms with Crippen LogP contribution < -0.4 is 14.9 Å². The van der Waals surface area contributed by atoms with Crippen molar-refractivity contribution >= 4 is 23.5 Å². The van der Waals surface area contributed by atoms with Gasteiger partial charge < -0.3 is 19.7 Å². The molecule has 150 valence electrons. The van der Waals surface area contributed by atoms with Crippen molar-refractivity contribution < 1.29 is 14.8 Å². The number of aromatic nitrogens is 2. The molecule has 2 heterocycles. The summed E-state index contributed by atoms with van der Waals surface area (Å²) >= 11 is 1.54. The van der Waals surface area contributed by atoms with Gasteiger partial charge in [0.15, 0.2) is 5.16 Å². The lowest BCUT2D eigenvalue weighted by Crippen LogP contribution is -3.12. The fourth-order valence-electron chi connectivity index (χ4n) is 3.08. The third kappa shape index (κ3) is 5.23. The molecule has 0 atom stereocenters. The van der Waals surface area contributed by atoms with Crippen molar-refractivity contribution in [3.05, 3.63) is 47.2 Å². The summed E-state index contributed by atoms with van der Waals surface area (Å²) in [5.41, 5.74) is 2.07. The van der Waals surface area contributed by atoms with Crippen molar-refractivity contribution in [3.8, 4) is 0 Å². The van der Waals surface area contributed by atoms with Gasteiger partial charge in [0.05, 0.1) is 44.9 Å². The first-order chi connectivity index (χ1) is 13.2. The molecule has 1 aliphatic heterocycles. The average molecular weight is 401 g/mol. The van der Waals surface area contributed by atoms with Crippen molar-refractivity contribution in [1.29, 1.82) is 0 Å². The number of nitrogens with one attached hydrogen (secondary N) is 1. The molecule has 1 aliphatic rings. The van der Waals surface area contributed by atoms with Crippen LogP contribution >= 0.6 is 11.8 Å². The normalized spacial score (nSPS) is 15.6. The van der Waals surface area contributed by atoms with Gasteiger partial charge in [-0.05, 0) is 17.2 Å². The van der Waals surface area contributed by atoms with Gasteiger partial charge in [0.2, 0.25) is 0 Å². The zero-order valence-electron chi connectivity index (χ0n) is 17.0. The van der Waals surface area contributed by atoms with Crippen LogP contribution in [0.3, 0.4) is 0 Å². The molecule has 3 rings (SSSR count). The second kappa shape index (κ2) is 8.49. The van der Waals surface area contributed by atoms with E-state index in [1.165, 1.54) is 11.8 Å². The van der Waals surface area contributed by atoms with Crippen LogP contribution in [0.2, 0.25) is 0 Å². The van der Waals surface area contributed by atoms with Crippen molar-refractivity contribution in [3.63, 3.8) is 0 Å². The molecule has 0 unspecified atom stereocenters. The highest BCUT2D eigenvalue weighted by Crippen LogP contribution is 2.28. The van der Waals surface area contributed by atoms with Crippen molar-refractivity contribution in [2.45, 2.75) is 37.1 Å². The number of likely N-dealkylation sites (N-methyl/N-ethyl adjacent to an activating group) is 1. The number of carboxylic acids is 1. The zero-order chi connectivity index (χ0) is 20.3. The van der Waals surface area contributed by atoms with Gasteiger partial charge in [-0.3, -0.25) is 0 Å². The summed E-state index contributed by atoms with van der Waals surface area (Å²) in [6.07, 6.45) is 0. The van der Waals surface area contributed by atoms with E-state index in [4.69, 9.17) is 9.97 Å². The summed E-state index contributed by atoms with van der Waals surface area (Å²) in [7, 11) is 2.22. The van der Waals surface area contributed by atoms with E-state index in [1.54, 1.807) is 23.1 Å². The summed E-state index contributed by atoms with van der Waals surface area (Å²) in [4.78, 5) is 24.5. The van der Waals surface area contributed by atoms with Gasteiger partial charge in [-0.25, -0.2) is 9.97 Å². The minimum atomic E-state index is -1.16. The Kier molecular flexibility index (Phi) is 6.25. The average Bonchev–Trinajstić information content (AvgIpc) is 2.66. The first kappa shape index (κ1) is 20.6. The van der Waals surface area contributed by atoms with E-state index in [0.29, 0.717) is 5.75 Å². The molecule has 1 aromatic heterocycles. The number of quaternary nitrogens is 1. The van der Waals surface area contributed by atoms with Gasteiger partial charge in [0.25, 0.3) is 0 Å². The highest BCUT2D eigenvalue weighted by molar-refractivity contribution is 7.98. The van der Waals surface area contributed by atoms with Crippen LogP contribution in [-0.2, 0) is 11.2 Å². The van der Waals surface area contributed by atoms with Gasteiger partial charge in [0, 0.05) is 17.2 Å². The number of hydrogen-bond acceptors (Lipinski definition) is 6. The van der Waals surface area contributed by atoms with Gasteiger partial charge in [-0.15, -0.1) is 0 Å². The molecule has 2 aromatic rings. The smallest absolute Gasteiger partial charge is 0.190 e. The van der Waals surface area contributed by atoms with Crippen molar-refractivity contribution in [2.75, 3.05) is 38.1 Å². The number of anilines is 1. The lowest BCUT2D eigenvalue weighted by molar-refractivity contribution is -0.880. The van der Waals surface area contributed by atoms with Gasteiger partial charge in [-0.1, -0.05) is 50.7 Å². The van der Waals surface area contributed by atoms with Crippen LogP contribution in [0.4, 0.5) is 5.82 Å². The maximum absolute atomic E-state index is 11.1. The third-order valence-electron chi connectivity index (χ3n) is 4.93. The van der Waals surface area contributed by atoms with Crippen LogP contribution in [0, 0.1) is 0 Å². The Morgan fingerprint density at radius 3 is 2.57 bits per heavy atom. The molecule has 28 heavy (non-hydrogen) atoms. The molecule has 0 spiro atoms. The highest BCUT2D eigenvalue weighted by atomic mass is 32.2. The number of benzene rings is 1. The largest absolute Gasteiger partial charge is 0.545 e. The fraction of sp³-hybridized carbons (Fsp3) is 0.476. The molecule has 7 heteroatoms. The van der Waals surface area contributed by atoms with Gasteiger partial charge >= 0.3 is 0 Å². The Balaban J connectivity index is 1.82. The standard InChI is InChI=1S/C21H28N4O2S/c1-21(2,3)17-13-18(25-10-8-24(4)9-11-25)23-20(22-17)28-14-15-6-5-7-16(12-15)19(26)27/h5-7,12-13H,8-11,14H2,1-4H3,(H,26,27). The summed E-state index contributed by atoms with van der Waals surface area (Å²) in [5.74, 6) is 0.442. The Morgan fingerprint density at radius 1 is 1.21 bits per heavy atom. The van der Waals surface area contributed by atoms with Crippen LogP contribution in [-0.4, -0.2) is 49.2 Å². The van der Waals surface area contributed by atoms with Gasteiger partial charge in [0.1, 0.15) is 5.82 Å². The third-order valence-corrected chi connectivity index (χ3v) is 5.85. The molecule has 6 nitrogen and oxygen atoms in total. The monoisotopic (exact) mass is 400 g/mol. The molecule has 1 saturated heterocycles. The van der Waals surface area contributed by atoms with E-state index in [-0.39, 0.29) is 11.0 Å². The molecule has 0 radical (unpaired) electrons. The lowest BCUT2D eigenvalue weighted by Gasteiger charge is -2.31. The van der Waals surface area contributed by atoms with E-state index in [0.717, 1.165) is 48.4 Å².